The maximum absolute atomic E-state index is 9.58. The summed E-state index contributed by atoms with van der Waals surface area (Å²) < 4.78 is 5.34. The van der Waals surface area contributed by atoms with E-state index in [1.54, 1.807) is 6.07 Å². The van der Waals surface area contributed by atoms with Gasteiger partial charge in [0.05, 0.1) is 6.61 Å². The first-order chi connectivity index (χ1) is 7.60. The molecule has 16 heavy (non-hydrogen) atoms. The number of nitrogens with two attached hydrogens (primary N) is 1. The molecule has 0 radical (unpaired) electrons. The molecule has 1 aromatic rings. The SMILES string of the molecule is CCOc1cc([C@H](N)C(C)CC)ccc1O. The van der Waals surface area contributed by atoms with Gasteiger partial charge in [-0.15, -0.1) is 0 Å². The third kappa shape index (κ3) is 2.89. The van der Waals surface area contributed by atoms with Crippen molar-refractivity contribution in [3.8, 4) is 11.5 Å². The molecule has 0 aromatic heterocycles. The number of hydrogen-bond acceptors (Lipinski definition) is 3. The van der Waals surface area contributed by atoms with Gasteiger partial charge in [0.15, 0.2) is 11.5 Å². The summed E-state index contributed by atoms with van der Waals surface area (Å²) in [5, 5.41) is 9.58. The number of benzene rings is 1. The number of phenolic OH excluding ortho intramolecular Hbond substituents is 1. The number of phenols is 1. The number of hydrogen-bond donors (Lipinski definition) is 2. The van der Waals surface area contributed by atoms with Crippen LogP contribution in [-0.4, -0.2) is 11.7 Å². The molecule has 3 nitrogen and oxygen atoms in total. The van der Waals surface area contributed by atoms with Gasteiger partial charge in [0.1, 0.15) is 0 Å². The lowest BCUT2D eigenvalue weighted by atomic mass is 9.93. The largest absolute Gasteiger partial charge is 0.504 e. The number of aromatic hydroxyl groups is 1. The van der Waals surface area contributed by atoms with Crippen molar-refractivity contribution < 1.29 is 9.84 Å². The topological polar surface area (TPSA) is 55.5 Å². The maximum Gasteiger partial charge on any atom is 0.161 e. The van der Waals surface area contributed by atoms with Gasteiger partial charge in [0.25, 0.3) is 0 Å². The van der Waals surface area contributed by atoms with Gasteiger partial charge in [0.2, 0.25) is 0 Å². The molecule has 0 bridgehead atoms. The van der Waals surface area contributed by atoms with Crippen LogP contribution in [0.5, 0.6) is 11.5 Å². The zero-order valence-electron chi connectivity index (χ0n) is 10.2. The lowest BCUT2D eigenvalue weighted by molar-refractivity contribution is 0.317. The van der Waals surface area contributed by atoms with E-state index in [0.717, 1.165) is 12.0 Å². The molecule has 3 N–H and O–H groups in total. The fraction of sp³-hybridized carbons (Fsp3) is 0.538. The van der Waals surface area contributed by atoms with E-state index in [2.05, 4.69) is 13.8 Å². The molecule has 0 spiro atoms. The standard InChI is InChI=1S/C13H21NO2/c1-4-9(3)13(14)10-6-7-11(15)12(8-10)16-5-2/h6-9,13,15H,4-5,14H2,1-3H3/t9?,13-/m1/s1. The Balaban J connectivity index is 2.93. The maximum atomic E-state index is 9.58. The highest BCUT2D eigenvalue weighted by Crippen LogP contribution is 2.31. The Labute approximate surface area is 97.2 Å². The molecule has 1 unspecified atom stereocenters. The summed E-state index contributed by atoms with van der Waals surface area (Å²) in [6.07, 6.45) is 1.03. The van der Waals surface area contributed by atoms with E-state index >= 15 is 0 Å². The third-order valence-electron chi connectivity index (χ3n) is 2.93. The van der Waals surface area contributed by atoms with E-state index < -0.39 is 0 Å². The van der Waals surface area contributed by atoms with Gasteiger partial charge in [0, 0.05) is 6.04 Å². The molecule has 0 aliphatic heterocycles. The van der Waals surface area contributed by atoms with Gasteiger partial charge in [-0.25, -0.2) is 0 Å². The molecular formula is C13H21NO2. The Bertz CT molecular complexity index is 339. The summed E-state index contributed by atoms with van der Waals surface area (Å²) in [5.41, 5.74) is 7.14. The van der Waals surface area contributed by atoms with E-state index in [1.807, 2.05) is 19.1 Å². The Morgan fingerprint density at radius 2 is 2.06 bits per heavy atom. The molecule has 0 amide bonds. The predicted molar refractivity (Wildman–Crippen MR) is 65.7 cm³/mol. The highest BCUT2D eigenvalue weighted by molar-refractivity contribution is 5.42. The van der Waals surface area contributed by atoms with Crippen LogP contribution < -0.4 is 10.5 Å². The van der Waals surface area contributed by atoms with Gasteiger partial charge in [-0.3, -0.25) is 0 Å². The molecule has 1 aromatic carbocycles. The van der Waals surface area contributed by atoms with Crippen molar-refractivity contribution in [2.75, 3.05) is 6.61 Å². The van der Waals surface area contributed by atoms with Gasteiger partial charge < -0.3 is 15.6 Å². The first kappa shape index (κ1) is 12.8. The van der Waals surface area contributed by atoms with Gasteiger partial charge in [-0.2, -0.15) is 0 Å². The van der Waals surface area contributed by atoms with Gasteiger partial charge in [-0.05, 0) is 30.5 Å². The molecule has 90 valence electrons. The van der Waals surface area contributed by atoms with Crippen LogP contribution >= 0.6 is 0 Å². The Hall–Kier alpha value is -1.22. The van der Waals surface area contributed by atoms with Crippen LogP contribution in [-0.2, 0) is 0 Å². The monoisotopic (exact) mass is 223 g/mol. The summed E-state index contributed by atoms with van der Waals surface area (Å²) in [6, 6.07) is 5.32. The van der Waals surface area contributed by atoms with Crippen LogP contribution in [0, 0.1) is 5.92 Å². The molecule has 1 rings (SSSR count). The molecule has 3 heteroatoms. The van der Waals surface area contributed by atoms with Crippen LogP contribution in [0.25, 0.3) is 0 Å². The van der Waals surface area contributed by atoms with Crippen LogP contribution in [0.2, 0.25) is 0 Å². The highest BCUT2D eigenvalue weighted by Gasteiger charge is 2.15. The first-order valence-electron chi connectivity index (χ1n) is 5.81. The molecule has 2 atom stereocenters. The number of ether oxygens (including phenoxy) is 1. The van der Waals surface area contributed by atoms with Crippen molar-refractivity contribution >= 4 is 0 Å². The van der Waals surface area contributed by atoms with E-state index in [1.165, 1.54) is 0 Å². The number of rotatable bonds is 5. The minimum atomic E-state index is -0.00944. The first-order valence-corrected chi connectivity index (χ1v) is 5.81. The fourth-order valence-electron chi connectivity index (χ4n) is 1.59. The van der Waals surface area contributed by atoms with Crippen molar-refractivity contribution in [3.05, 3.63) is 23.8 Å². The molecule has 0 fully saturated rings. The second kappa shape index (κ2) is 5.75. The van der Waals surface area contributed by atoms with Crippen LogP contribution in [0.4, 0.5) is 0 Å². The van der Waals surface area contributed by atoms with Crippen molar-refractivity contribution in [1.82, 2.24) is 0 Å². The van der Waals surface area contributed by atoms with E-state index in [0.29, 0.717) is 18.3 Å². The van der Waals surface area contributed by atoms with Crippen LogP contribution in [0.15, 0.2) is 18.2 Å². The zero-order chi connectivity index (χ0) is 12.1. The van der Waals surface area contributed by atoms with Gasteiger partial charge in [-0.1, -0.05) is 26.3 Å². The molecule has 0 heterocycles. The van der Waals surface area contributed by atoms with Crippen LogP contribution in [0.1, 0.15) is 38.8 Å². The second-order valence-electron chi connectivity index (χ2n) is 4.07. The van der Waals surface area contributed by atoms with Gasteiger partial charge >= 0.3 is 0 Å². The normalized spacial score (nSPS) is 14.5. The third-order valence-corrected chi connectivity index (χ3v) is 2.93. The predicted octanol–water partition coefficient (Wildman–Crippen LogP) is 2.84. The van der Waals surface area contributed by atoms with Crippen molar-refractivity contribution in [2.45, 2.75) is 33.2 Å². The molecule has 0 saturated heterocycles. The average molecular weight is 223 g/mol. The average Bonchev–Trinajstić information content (AvgIpc) is 2.30. The summed E-state index contributed by atoms with van der Waals surface area (Å²) in [5.74, 6) is 1.10. The molecule has 0 aliphatic carbocycles. The van der Waals surface area contributed by atoms with Crippen LogP contribution in [0.3, 0.4) is 0 Å². The summed E-state index contributed by atoms with van der Waals surface area (Å²) in [7, 11) is 0. The Kier molecular flexibility index (Phi) is 4.62. The lowest BCUT2D eigenvalue weighted by Gasteiger charge is -2.19. The van der Waals surface area contributed by atoms with Crippen molar-refractivity contribution in [1.29, 1.82) is 0 Å². The van der Waals surface area contributed by atoms with E-state index in [4.69, 9.17) is 10.5 Å². The minimum absolute atomic E-state index is 0.00944. The second-order valence-corrected chi connectivity index (χ2v) is 4.07. The Morgan fingerprint density at radius 1 is 1.38 bits per heavy atom. The smallest absolute Gasteiger partial charge is 0.161 e. The Morgan fingerprint density at radius 3 is 2.62 bits per heavy atom. The lowest BCUT2D eigenvalue weighted by Crippen LogP contribution is -2.18. The van der Waals surface area contributed by atoms with Crippen molar-refractivity contribution in [3.63, 3.8) is 0 Å². The summed E-state index contributed by atoms with van der Waals surface area (Å²) >= 11 is 0. The minimum Gasteiger partial charge on any atom is -0.504 e. The summed E-state index contributed by atoms with van der Waals surface area (Å²) in [6.45, 7) is 6.67. The molecular weight excluding hydrogens is 202 g/mol. The van der Waals surface area contributed by atoms with E-state index in [-0.39, 0.29) is 11.8 Å². The molecule has 0 saturated carbocycles. The zero-order valence-corrected chi connectivity index (χ0v) is 10.2. The fourth-order valence-corrected chi connectivity index (χ4v) is 1.59. The molecule has 0 aliphatic rings. The summed E-state index contributed by atoms with van der Waals surface area (Å²) in [4.78, 5) is 0. The quantitative estimate of drug-likeness (QED) is 0.807. The van der Waals surface area contributed by atoms with E-state index in [9.17, 15) is 5.11 Å². The van der Waals surface area contributed by atoms with Crippen molar-refractivity contribution in [2.24, 2.45) is 11.7 Å². The highest BCUT2D eigenvalue weighted by atomic mass is 16.5.